The Morgan fingerprint density at radius 2 is 0.611 bits per heavy atom. The van der Waals surface area contributed by atoms with Gasteiger partial charge in [-0.2, -0.15) is 0 Å². The predicted octanol–water partition coefficient (Wildman–Crippen LogP) is 31.5. The molecule has 0 radical (unpaired) electrons. The number of phenolic OH excluding ortho intramolecular Hbond substituents is 3. The van der Waals surface area contributed by atoms with Crippen molar-refractivity contribution >= 4 is 24.1 Å². The smallest absolute Gasteiger partial charge is 0.508 e. The highest BCUT2D eigenvalue weighted by Crippen LogP contribution is 2.41. The van der Waals surface area contributed by atoms with Crippen LogP contribution in [0, 0.1) is 23.2 Å². The largest absolute Gasteiger partial charge is 0.513 e. The number of phenols is 3. The zero-order valence-corrected chi connectivity index (χ0v) is 82.1. The molecule has 9 unspecified atom stereocenters. The van der Waals surface area contributed by atoms with E-state index in [2.05, 4.69) is 189 Å². The van der Waals surface area contributed by atoms with Crippen LogP contribution in [0.2, 0.25) is 0 Å². The van der Waals surface area contributed by atoms with Crippen LogP contribution in [0.15, 0.2) is 194 Å². The Hall–Kier alpha value is -9.40. The molecular formula is C112H164O14. The van der Waals surface area contributed by atoms with Gasteiger partial charge in [0.1, 0.15) is 46.9 Å². The van der Waals surface area contributed by atoms with E-state index in [4.69, 9.17) is 48.5 Å². The molecule has 8 aromatic carbocycles. The van der Waals surface area contributed by atoms with Crippen molar-refractivity contribution in [2.45, 2.75) is 348 Å². The molecule has 0 heterocycles. The lowest BCUT2D eigenvalue weighted by Gasteiger charge is -2.36. The van der Waals surface area contributed by atoms with Crippen LogP contribution in [-0.2, 0) is 34.0 Å². The first kappa shape index (κ1) is 111. The van der Waals surface area contributed by atoms with E-state index < -0.39 is 6.16 Å². The van der Waals surface area contributed by atoms with Gasteiger partial charge in [0.05, 0.1) is 19.1 Å². The Morgan fingerprint density at radius 3 is 0.889 bits per heavy atom. The van der Waals surface area contributed by atoms with Crippen LogP contribution < -0.4 is 18.9 Å². The maximum absolute atomic E-state index is 12.3. The average molecular weight is 1730 g/mol. The molecule has 10 rings (SSSR count). The molecule has 0 aliphatic heterocycles. The van der Waals surface area contributed by atoms with Crippen molar-refractivity contribution in [2.75, 3.05) is 19.8 Å². The van der Waals surface area contributed by atoms with Crippen molar-refractivity contribution in [2.24, 2.45) is 23.2 Å². The fourth-order valence-corrected chi connectivity index (χ4v) is 14.2. The van der Waals surface area contributed by atoms with E-state index in [0.29, 0.717) is 106 Å². The van der Waals surface area contributed by atoms with Crippen molar-refractivity contribution in [3.05, 3.63) is 244 Å². The Balaban J connectivity index is 0.000000382. The van der Waals surface area contributed by atoms with E-state index in [1.807, 2.05) is 128 Å². The van der Waals surface area contributed by atoms with Crippen LogP contribution in [0.5, 0.6) is 40.2 Å². The first-order valence-corrected chi connectivity index (χ1v) is 47.3. The molecule has 126 heavy (non-hydrogen) atoms. The Bertz CT molecular complexity index is 4000. The molecule has 0 aromatic heterocycles. The molecule has 9 atom stereocenters. The van der Waals surface area contributed by atoms with Gasteiger partial charge < -0.3 is 48.5 Å². The van der Waals surface area contributed by atoms with Gasteiger partial charge in [-0.15, -0.1) is 0 Å². The lowest BCUT2D eigenvalue weighted by molar-refractivity contribution is -0.154. The molecule has 0 amide bonds. The van der Waals surface area contributed by atoms with Crippen LogP contribution in [0.1, 0.15) is 386 Å². The van der Waals surface area contributed by atoms with Gasteiger partial charge in [0.2, 0.25) is 0 Å². The molecule has 2 aliphatic rings. The summed E-state index contributed by atoms with van der Waals surface area (Å²) in [5, 5.41) is 27.0. The molecule has 0 saturated heterocycles. The maximum Gasteiger partial charge on any atom is 0.513 e. The zero-order valence-electron chi connectivity index (χ0n) is 82.1. The molecule has 14 nitrogen and oxygen atoms in total. The second kappa shape index (κ2) is 60.4. The number of carbonyl (C=O) groups is 4. The van der Waals surface area contributed by atoms with Crippen molar-refractivity contribution < 1.29 is 67.7 Å². The Labute approximate surface area is 762 Å². The van der Waals surface area contributed by atoms with Gasteiger partial charge in [-0.25, -0.2) is 4.79 Å². The van der Waals surface area contributed by atoms with Gasteiger partial charge in [-0.3, -0.25) is 14.4 Å². The first-order chi connectivity index (χ1) is 59.8. The SMILES string of the molecule is CCC(C)c1ccc(C(C)(C)C)cc1.CCC(C)c1ccc(O)cc1.CCC(C)c1ccc(O)cc1.CCC(C)c1ccc(O)cc1.CCC(C)c1ccc(OC(=O)OCCC2CCCCC2)cc1.CCC(C)c1ccc(OC(C)=O)cc1.CCC(C)c1ccc(OC(C)=O)cc1.CCC(C)c1ccc(OC(C)OCCOC(=O)C2CCC(C(C)(C)C)CC2)cc1. The predicted molar refractivity (Wildman–Crippen MR) is 523 cm³/mol. The molecule has 2 fully saturated rings. The lowest BCUT2D eigenvalue weighted by atomic mass is 9.70. The highest BCUT2D eigenvalue weighted by molar-refractivity contribution is 5.72. The zero-order chi connectivity index (χ0) is 93.9. The third-order valence-electron chi connectivity index (χ3n) is 24.9. The van der Waals surface area contributed by atoms with Crippen LogP contribution in [0.3, 0.4) is 0 Å². The van der Waals surface area contributed by atoms with Gasteiger partial charge in [-0.1, -0.05) is 294 Å². The number of aromatic hydroxyl groups is 3. The van der Waals surface area contributed by atoms with Crippen LogP contribution in [0.4, 0.5) is 4.79 Å². The third kappa shape index (κ3) is 44.8. The van der Waals surface area contributed by atoms with Gasteiger partial charge in [0.25, 0.3) is 0 Å². The summed E-state index contributed by atoms with van der Waals surface area (Å²) in [4.78, 5) is 45.3. The van der Waals surface area contributed by atoms with Crippen LogP contribution in [0.25, 0.3) is 0 Å². The van der Waals surface area contributed by atoms with Crippen molar-refractivity contribution in [3.8, 4) is 40.2 Å². The lowest BCUT2D eigenvalue weighted by Crippen LogP contribution is -2.30. The summed E-state index contributed by atoms with van der Waals surface area (Å²) < 4.78 is 37.2. The van der Waals surface area contributed by atoms with E-state index >= 15 is 0 Å². The average Bonchev–Trinajstić information content (AvgIpc) is 0.849. The molecule has 8 aromatic rings. The Kier molecular flexibility index (Phi) is 53.1. The van der Waals surface area contributed by atoms with Crippen molar-refractivity contribution in [1.82, 2.24) is 0 Å². The summed E-state index contributed by atoms with van der Waals surface area (Å²) >= 11 is 0. The summed E-state index contributed by atoms with van der Waals surface area (Å²) in [7, 11) is 0. The van der Waals surface area contributed by atoms with E-state index in [1.54, 1.807) is 36.4 Å². The molecule has 14 heteroatoms. The fourth-order valence-electron chi connectivity index (χ4n) is 14.2. The highest BCUT2D eigenvalue weighted by Gasteiger charge is 2.33. The molecule has 0 bridgehead atoms. The number of ether oxygens (including phenoxy) is 7. The quantitative estimate of drug-likeness (QED) is 0.0132. The second-order valence-electron chi connectivity index (χ2n) is 36.7. The van der Waals surface area contributed by atoms with E-state index in [1.165, 1.54) is 102 Å². The highest BCUT2D eigenvalue weighted by atomic mass is 16.7. The van der Waals surface area contributed by atoms with Crippen molar-refractivity contribution in [1.29, 1.82) is 0 Å². The van der Waals surface area contributed by atoms with Crippen LogP contribution in [-0.4, -0.2) is 65.5 Å². The second-order valence-corrected chi connectivity index (χ2v) is 36.7. The number of esters is 3. The van der Waals surface area contributed by atoms with Gasteiger partial charge in [-0.05, 0) is 295 Å². The normalized spacial score (nSPS) is 15.7. The molecule has 2 aliphatic carbocycles. The minimum Gasteiger partial charge on any atom is -0.508 e. The monoisotopic (exact) mass is 1730 g/mol. The van der Waals surface area contributed by atoms with E-state index in [9.17, 15) is 19.2 Å². The van der Waals surface area contributed by atoms with E-state index in [-0.39, 0.29) is 42.1 Å². The summed E-state index contributed by atoms with van der Waals surface area (Å²) in [5.74, 6) is 9.10. The minimum atomic E-state index is -0.591. The van der Waals surface area contributed by atoms with Crippen LogP contribution >= 0.6 is 0 Å². The number of hydrogen-bond donors (Lipinski definition) is 3. The Morgan fingerprint density at radius 1 is 0.333 bits per heavy atom. The minimum absolute atomic E-state index is 0.0475. The number of benzene rings is 8. The molecule has 696 valence electrons. The number of carbonyl (C=O) groups excluding carboxylic acids is 4. The molecule has 3 N–H and O–H groups in total. The summed E-state index contributed by atoms with van der Waals surface area (Å²) in [6.45, 7) is 54.4. The third-order valence-corrected chi connectivity index (χ3v) is 24.9. The standard InChI is InChI=1S/C25H40O4.C19H28O3.C14H22.2C12H16O2.3C10H14O/c1-7-18(2)20-10-14-23(15-11-20)29-19(3)27-16-17-28-24(26)21-8-12-22(13-9-21)25(4,5)6;1-3-15(2)17-9-11-18(12-10-17)22-19(20)21-14-13-16-7-5-4-6-8-16;1-6-11(2)12-7-9-13(10-8-12)14(3,4)5;2*1-4-9(2)11-5-7-12(8-6-11)14-10(3)13;3*1-3-8(2)9-4-6-10(11)7-5-9/h10-11,14-15,18-19,21-22H,7-9,12-13,16-17H2,1-6H3;9-12,15-16H,3-8,13-14H2,1-2H3;7-11H,6H2,1-5H3;2*5-9H,4H2,1-3H3;3*4-8,11H,3H2,1-2H3. The fraction of sp³-hybridized carbons (Fsp3) is 0.536. The van der Waals surface area contributed by atoms with Gasteiger partial charge >= 0.3 is 24.1 Å². The van der Waals surface area contributed by atoms with Gasteiger partial charge in [0.15, 0.2) is 6.29 Å². The molecule has 0 spiro atoms. The summed E-state index contributed by atoms with van der Waals surface area (Å²) in [6.07, 6.45) is 19.7. The van der Waals surface area contributed by atoms with Crippen molar-refractivity contribution in [3.63, 3.8) is 0 Å². The summed E-state index contributed by atoms with van der Waals surface area (Å²) in [6, 6.07) is 62.6. The van der Waals surface area contributed by atoms with Gasteiger partial charge in [0, 0.05) is 13.8 Å². The topological polar surface area (TPSA) is 194 Å². The molecule has 2 saturated carbocycles. The number of rotatable bonds is 29. The molecular weight excluding hydrogens is 1570 g/mol. The summed E-state index contributed by atoms with van der Waals surface area (Å²) in [5.41, 5.74) is 12.5. The number of hydrogen-bond acceptors (Lipinski definition) is 14. The first-order valence-electron chi connectivity index (χ1n) is 47.3. The van der Waals surface area contributed by atoms with E-state index in [0.717, 1.165) is 88.7 Å². The maximum atomic E-state index is 12.3.